The minimum atomic E-state index is -0.590. The third-order valence-electron chi connectivity index (χ3n) is 1.44. The molecule has 0 aliphatic heterocycles. The molecule has 62 valence electrons. The van der Waals surface area contributed by atoms with Crippen LogP contribution in [0.15, 0.2) is 21.2 Å². The third-order valence-corrected chi connectivity index (χ3v) is 1.87. The van der Waals surface area contributed by atoms with Gasteiger partial charge in [-0.2, -0.15) is 0 Å². The van der Waals surface area contributed by atoms with E-state index in [0.717, 1.165) is 0 Å². The van der Waals surface area contributed by atoms with Crippen LogP contribution in [-0.4, -0.2) is 11.2 Å². The largest absolute Gasteiger partial charge is 0.453 e. The van der Waals surface area contributed by atoms with Crippen molar-refractivity contribution < 1.29 is 9.52 Å². The summed E-state index contributed by atoms with van der Waals surface area (Å²) in [5, 5.41) is 9.08. The van der Waals surface area contributed by atoms with Crippen LogP contribution in [0.3, 0.4) is 0 Å². The van der Waals surface area contributed by atoms with E-state index in [-0.39, 0.29) is 0 Å². The first kappa shape index (κ1) is 8.77. The minimum Gasteiger partial charge on any atom is -0.453 e. The second kappa shape index (κ2) is 3.38. The van der Waals surface area contributed by atoms with Crippen molar-refractivity contribution in [2.75, 3.05) is 0 Å². The van der Waals surface area contributed by atoms with Crippen LogP contribution in [-0.2, 0) is 0 Å². The molecule has 0 bridgehead atoms. The predicted octanol–water partition coefficient (Wildman–Crippen LogP) is 1.42. The van der Waals surface area contributed by atoms with Crippen molar-refractivity contribution in [2.24, 2.45) is 5.73 Å². The average molecular weight is 220 g/mol. The fourth-order valence-corrected chi connectivity index (χ4v) is 1.06. The van der Waals surface area contributed by atoms with E-state index < -0.39 is 12.1 Å². The fourth-order valence-electron chi connectivity index (χ4n) is 0.745. The molecular formula is C7H10BrNO2. The SMILES string of the molecule is CC(O)[C@@H](N)c1ccc(Br)o1. The van der Waals surface area contributed by atoms with Gasteiger partial charge in [0.2, 0.25) is 0 Å². The molecule has 0 aromatic carbocycles. The fraction of sp³-hybridized carbons (Fsp3) is 0.429. The molecule has 2 atom stereocenters. The number of aliphatic hydroxyl groups excluding tert-OH is 1. The minimum absolute atomic E-state index is 0.443. The molecule has 3 nitrogen and oxygen atoms in total. The van der Waals surface area contributed by atoms with Gasteiger partial charge in [-0.3, -0.25) is 0 Å². The highest BCUT2D eigenvalue weighted by atomic mass is 79.9. The van der Waals surface area contributed by atoms with Gasteiger partial charge in [0, 0.05) is 0 Å². The van der Waals surface area contributed by atoms with Gasteiger partial charge in [0.1, 0.15) is 5.76 Å². The number of furan rings is 1. The monoisotopic (exact) mass is 219 g/mol. The van der Waals surface area contributed by atoms with Crippen LogP contribution >= 0.6 is 15.9 Å². The zero-order valence-corrected chi connectivity index (χ0v) is 7.71. The van der Waals surface area contributed by atoms with Crippen LogP contribution in [0.2, 0.25) is 0 Å². The predicted molar refractivity (Wildman–Crippen MR) is 45.0 cm³/mol. The van der Waals surface area contributed by atoms with Crippen LogP contribution < -0.4 is 5.73 Å². The van der Waals surface area contributed by atoms with Gasteiger partial charge in [0.25, 0.3) is 0 Å². The van der Waals surface area contributed by atoms with E-state index >= 15 is 0 Å². The van der Waals surface area contributed by atoms with Crippen molar-refractivity contribution >= 4 is 15.9 Å². The van der Waals surface area contributed by atoms with Crippen LogP contribution in [0.4, 0.5) is 0 Å². The number of aliphatic hydroxyl groups is 1. The van der Waals surface area contributed by atoms with E-state index in [2.05, 4.69) is 15.9 Å². The van der Waals surface area contributed by atoms with Crippen molar-refractivity contribution in [3.63, 3.8) is 0 Å². The van der Waals surface area contributed by atoms with Gasteiger partial charge in [-0.15, -0.1) is 0 Å². The molecule has 0 fully saturated rings. The van der Waals surface area contributed by atoms with Crippen LogP contribution in [0.25, 0.3) is 0 Å². The summed E-state index contributed by atoms with van der Waals surface area (Å²) < 4.78 is 5.77. The summed E-state index contributed by atoms with van der Waals surface area (Å²) in [6.45, 7) is 1.63. The van der Waals surface area contributed by atoms with E-state index in [0.29, 0.717) is 10.4 Å². The van der Waals surface area contributed by atoms with E-state index in [1.54, 1.807) is 19.1 Å². The van der Waals surface area contributed by atoms with Crippen molar-refractivity contribution in [1.82, 2.24) is 0 Å². The first-order chi connectivity index (χ1) is 5.11. The van der Waals surface area contributed by atoms with Gasteiger partial charge >= 0.3 is 0 Å². The van der Waals surface area contributed by atoms with Crippen molar-refractivity contribution in [1.29, 1.82) is 0 Å². The summed E-state index contributed by atoms with van der Waals surface area (Å²) in [5.74, 6) is 0.590. The summed E-state index contributed by atoms with van der Waals surface area (Å²) in [7, 11) is 0. The highest BCUT2D eigenvalue weighted by Crippen LogP contribution is 2.20. The van der Waals surface area contributed by atoms with E-state index in [1.807, 2.05) is 0 Å². The average Bonchev–Trinajstić information content (AvgIpc) is 2.34. The Bertz CT molecular complexity index is 234. The summed E-state index contributed by atoms with van der Waals surface area (Å²) in [6.07, 6.45) is -0.590. The number of hydrogen-bond donors (Lipinski definition) is 2. The van der Waals surface area contributed by atoms with E-state index in [1.165, 1.54) is 0 Å². The maximum absolute atomic E-state index is 9.08. The van der Waals surface area contributed by atoms with Gasteiger partial charge in [-0.25, -0.2) is 0 Å². The van der Waals surface area contributed by atoms with Gasteiger partial charge in [0.05, 0.1) is 12.1 Å². The molecule has 1 aromatic rings. The summed E-state index contributed by atoms with van der Waals surface area (Å²) in [5.41, 5.74) is 5.59. The van der Waals surface area contributed by atoms with Crippen molar-refractivity contribution in [3.8, 4) is 0 Å². The second-order valence-electron chi connectivity index (χ2n) is 2.41. The zero-order valence-electron chi connectivity index (χ0n) is 6.12. The quantitative estimate of drug-likeness (QED) is 0.792. The standard InChI is InChI=1S/C7H10BrNO2/c1-4(10)7(9)5-2-3-6(8)11-5/h2-4,7,10H,9H2,1H3/t4?,7-/m1/s1. The molecule has 0 amide bonds. The zero-order chi connectivity index (χ0) is 8.43. The Morgan fingerprint density at radius 2 is 2.27 bits per heavy atom. The second-order valence-corrected chi connectivity index (χ2v) is 3.19. The Labute approximate surface area is 73.3 Å². The first-order valence-electron chi connectivity index (χ1n) is 3.30. The highest BCUT2D eigenvalue weighted by Gasteiger charge is 2.15. The highest BCUT2D eigenvalue weighted by molar-refractivity contribution is 9.10. The van der Waals surface area contributed by atoms with Crippen molar-refractivity contribution in [3.05, 3.63) is 22.6 Å². The lowest BCUT2D eigenvalue weighted by Crippen LogP contribution is -2.22. The molecule has 0 saturated carbocycles. The number of halogens is 1. The molecule has 1 rings (SSSR count). The number of rotatable bonds is 2. The third kappa shape index (κ3) is 2.05. The Kier molecular flexibility index (Phi) is 2.70. The molecule has 0 saturated heterocycles. The number of nitrogens with two attached hydrogens (primary N) is 1. The van der Waals surface area contributed by atoms with Crippen LogP contribution in [0.5, 0.6) is 0 Å². The molecule has 3 N–H and O–H groups in total. The van der Waals surface area contributed by atoms with E-state index in [4.69, 9.17) is 15.3 Å². The Morgan fingerprint density at radius 3 is 2.64 bits per heavy atom. The van der Waals surface area contributed by atoms with Crippen LogP contribution in [0, 0.1) is 0 Å². The first-order valence-corrected chi connectivity index (χ1v) is 4.09. The van der Waals surface area contributed by atoms with Crippen molar-refractivity contribution in [2.45, 2.75) is 19.1 Å². The molecule has 1 heterocycles. The molecule has 1 unspecified atom stereocenters. The summed E-state index contributed by atoms with van der Waals surface area (Å²) >= 11 is 3.15. The maximum atomic E-state index is 9.08. The Morgan fingerprint density at radius 1 is 1.64 bits per heavy atom. The molecule has 0 spiro atoms. The smallest absolute Gasteiger partial charge is 0.169 e. The van der Waals surface area contributed by atoms with Gasteiger partial charge in [-0.05, 0) is 35.0 Å². The molecule has 0 radical (unpaired) electrons. The maximum Gasteiger partial charge on any atom is 0.169 e. The topological polar surface area (TPSA) is 59.4 Å². The summed E-state index contributed by atoms with van der Waals surface area (Å²) in [4.78, 5) is 0. The lowest BCUT2D eigenvalue weighted by atomic mass is 10.1. The Hall–Kier alpha value is -0.320. The normalized spacial score (nSPS) is 16.4. The number of hydrogen-bond acceptors (Lipinski definition) is 3. The van der Waals surface area contributed by atoms with Gasteiger partial charge in [-0.1, -0.05) is 0 Å². The Balaban J connectivity index is 2.76. The van der Waals surface area contributed by atoms with Gasteiger partial charge < -0.3 is 15.3 Å². The molecular weight excluding hydrogens is 210 g/mol. The molecule has 1 aromatic heterocycles. The lowest BCUT2D eigenvalue weighted by molar-refractivity contribution is 0.153. The molecule has 0 aliphatic rings. The molecule has 11 heavy (non-hydrogen) atoms. The summed E-state index contributed by atoms with van der Waals surface area (Å²) in [6, 6.07) is 3.04. The van der Waals surface area contributed by atoms with E-state index in [9.17, 15) is 0 Å². The lowest BCUT2D eigenvalue weighted by Gasteiger charge is -2.10. The molecule has 4 heteroatoms. The van der Waals surface area contributed by atoms with Gasteiger partial charge in [0.15, 0.2) is 4.67 Å². The molecule has 0 aliphatic carbocycles. The van der Waals surface area contributed by atoms with Crippen LogP contribution in [0.1, 0.15) is 18.7 Å².